The molecule has 2 amide bonds. The van der Waals surface area contributed by atoms with E-state index in [0.29, 0.717) is 23.6 Å². The number of pyridine rings is 1. The molecule has 3 N–H and O–H groups in total. The first-order chi connectivity index (χ1) is 19.0. The molecule has 0 radical (unpaired) electrons. The van der Waals surface area contributed by atoms with E-state index < -0.39 is 0 Å². The van der Waals surface area contributed by atoms with Crippen LogP contribution in [0.1, 0.15) is 55.7 Å². The van der Waals surface area contributed by atoms with Gasteiger partial charge in [0.1, 0.15) is 5.82 Å². The summed E-state index contributed by atoms with van der Waals surface area (Å²) in [6, 6.07) is 13.9. The number of nitrogens with zero attached hydrogens (tertiary/aromatic N) is 3. The standard InChI is InChI=1S/C30H36N6O3/c1-20(30(38)33-28-17-26(34-35-28)21-10-11-21)22-6-3-7-23(16-22)24-12-13-27(31-18-24)32-29(37)9-5-15-36-14-4-8-25(36)19-39-2/h3,5-7,9,12-13,16-18,20-21,25H,4,8,10-11,14-15,19H2,1-2H3,(H,31,32,37)(H2,33,34,35,38)/b9-5+/t20?,25-/m0/s1. The SMILES string of the molecule is COC[C@@H]1CCCN1C/C=C/C(=O)Nc1ccc(-c2cccc(C(C)C(=O)Nc3cc(C4CC4)[nH]n3)c2)cn1. The monoisotopic (exact) mass is 528 g/mol. The van der Waals surface area contributed by atoms with Crippen molar-refractivity contribution >= 4 is 23.5 Å². The first kappa shape index (κ1) is 26.8. The van der Waals surface area contributed by atoms with Crippen LogP contribution >= 0.6 is 0 Å². The molecule has 2 fully saturated rings. The molecule has 204 valence electrons. The van der Waals surface area contributed by atoms with Crippen molar-refractivity contribution in [2.45, 2.75) is 50.5 Å². The minimum absolute atomic E-state index is 0.107. The summed E-state index contributed by atoms with van der Waals surface area (Å²) < 4.78 is 5.29. The van der Waals surface area contributed by atoms with Crippen LogP contribution in [0.4, 0.5) is 11.6 Å². The second-order valence-electron chi connectivity index (χ2n) is 10.4. The number of carbonyl (C=O) groups is 2. The number of nitrogens with one attached hydrogen (secondary N) is 3. The van der Waals surface area contributed by atoms with Crippen molar-refractivity contribution in [1.29, 1.82) is 0 Å². The van der Waals surface area contributed by atoms with Gasteiger partial charge in [-0.05, 0) is 62.4 Å². The predicted octanol–water partition coefficient (Wildman–Crippen LogP) is 4.70. The van der Waals surface area contributed by atoms with Crippen LogP contribution in [0.15, 0.2) is 60.8 Å². The van der Waals surface area contributed by atoms with Crippen LogP contribution in [-0.2, 0) is 14.3 Å². The number of methoxy groups -OCH3 is 1. The number of aromatic amines is 1. The third kappa shape index (κ3) is 6.99. The molecule has 1 aromatic carbocycles. The van der Waals surface area contributed by atoms with Crippen molar-refractivity contribution in [3.05, 3.63) is 72.1 Å². The van der Waals surface area contributed by atoms with E-state index in [1.54, 1.807) is 25.4 Å². The lowest BCUT2D eigenvalue weighted by atomic mass is 9.96. The lowest BCUT2D eigenvalue weighted by molar-refractivity contribution is -0.117. The van der Waals surface area contributed by atoms with Gasteiger partial charge in [-0.3, -0.25) is 19.6 Å². The number of ether oxygens (including phenoxy) is 1. The van der Waals surface area contributed by atoms with Crippen LogP contribution in [0, 0.1) is 0 Å². The summed E-state index contributed by atoms with van der Waals surface area (Å²) in [5.41, 5.74) is 3.83. The van der Waals surface area contributed by atoms with Crippen molar-refractivity contribution in [3.63, 3.8) is 0 Å². The Morgan fingerprint density at radius 2 is 2.00 bits per heavy atom. The molecule has 2 atom stereocenters. The van der Waals surface area contributed by atoms with E-state index in [4.69, 9.17) is 4.74 Å². The molecule has 9 nitrogen and oxygen atoms in total. The van der Waals surface area contributed by atoms with Crippen LogP contribution in [0.2, 0.25) is 0 Å². The van der Waals surface area contributed by atoms with Gasteiger partial charge >= 0.3 is 0 Å². The van der Waals surface area contributed by atoms with E-state index in [2.05, 4.69) is 30.7 Å². The number of hydrogen-bond acceptors (Lipinski definition) is 6. The summed E-state index contributed by atoms with van der Waals surface area (Å²) in [6.07, 6.45) is 9.81. The lowest BCUT2D eigenvalue weighted by Gasteiger charge is -2.21. The number of amides is 2. The second-order valence-corrected chi connectivity index (χ2v) is 10.4. The van der Waals surface area contributed by atoms with E-state index in [-0.39, 0.29) is 17.7 Å². The van der Waals surface area contributed by atoms with Gasteiger partial charge in [-0.15, -0.1) is 0 Å². The van der Waals surface area contributed by atoms with Gasteiger partial charge in [0, 0.05) is 55.2 Å². The van der Waals surface area contributed by atoms with Crippen LogP contribution in [0.3, 0.4) is 0 Å². The predicted molar refractivity (Wildman–Crippen MR) is 152 cm³/mol. The average molecular weight is 529 g/mol. The molecule has 3 heterocycles. The minimum atomic E-state index is -0.352. The first-order valence-electron chi connectivity index (χ1n) is 13.6. The van der Waals surface area contributed by atoms with Gasteiger partial charge in [0.15, 0.2) is 5.82 Å². The molecule has 0 bridgehead atoms. The molecular formula is C30H36N6O3. The molecule has 0 spiro atoms. The Hall–Kier alpha value is -3.82. The molecule has 5 rings (SSSR count). The molecule has 39 heavy (non-hydrogen) atoms. The van der Waals surface area contributed by atoms with Crippen molar-refractivity contribution in [2.24, 2.45) is 0 Å². The van der Waals surface area contributed by atoms with Gasteiger partial charge in [-0.25, -0.2) is 4.98 Å². The number of likely N-dealkylation sites (tertiary alicyclic amines) is 1. The first-order valence-corrected chi connectivity index (χ1v) is 13.6. The highest BCUT2D eigenvalue weighted by atomic mass is 16.5. The van der Waals surface area contributed by atoms with Gasteiger partial charge in [0.2, 0.25) is 11.8 Å². The maximum atomic E-state index is 12.9. The van der Waals surface area contributed by atoms with Crippen LogP contribution < -0.4 is 10.6 Å². The minimum Gasteiger partial charge on any atom is -0.383 e. The van der Waals surface area contributed by atoms with Crippen molar-refractivity contribution in [2.75, 3.05) is 37.4 Å². The highest BCUT2D eigenvalue weighted by Crippen LogP contribution is 2.39. The quantitative estimate of drug-likeness (QED) is 0.311. The highest BCUT2D eigenvalue weighted by molar-refractivity contribution is 5.98. The molecule has 9 heteroatoms. The maximum absolute atomic E-state index is 12.9. The molecule has 1 unspecified atom stereocenters. The average Bonchev–Trinajstić information content (AvgIpc) is 3.54. The zero-order valence-corrected chi connectivity index (χ0v) is 22.5. The Morgan fingerprint density at radius 3 is 2.77 bits per heavy atom. The summed E-state index contributed by atoms with van der Waals surface area (Å²) in [4.78, 5) is 32.0. The highest BCUT2D eigenvalue weighted by Gasteiger charge is 2.26. The Balaban J connectivity index is 1.15. The number of hydrogen-bond donors (Lipinski definition) is 3. The normalized spacial score (nSPS) is 18.4. The lowest BCUT2D eigenvalue weighted by Crippen LogP contribution is -2.33. The van der Waals surface area contributed by atoms with Crippen molar-refractivity contribution in [3.8, 4) is 11.1 Å². The molecule has 1 saturated heterocycles. The molecule has 1 aliphatic heterocycles. The molecular weight excluding hydrogens is 492 g/mol. The van der Waals surface area contributed by atoms with Gasteiger partial charge < -0.3 is 15.4 Å². The molecule has 1 aliphatic carbocycles. The molecule has 2 aliphatic rings. The Bertz CT molecular complexity index is 1310. The van der Waals surface area contributed by atoms with Crippen molar-refractivity contribution < 1.29 is 14.3 Å². The smallest absolute Gasteiger partial charge is 0.249 e. The number of carbonyl (C=O) groups excluding carboxylic acids is 2. The van der Waals surface area contributed by atoms with E-state index in [9.17, 15) is 9.59 Å². The van der Waals surface area contributed by atoms with E-state index >= 15 is 0 Å². The van der Waals surface area contributed by atoms with Crippen molar-refractivity contribution in [1.82, 2.24) is 20.1 Å². The Labute approximate surface area is 229 Å². The van der Waals surface area contributed by atoms with Gasteiger partial charge in [-0.1, -0.05) is 30.3 Å². The summed E-state index contributed by atoms with van der Waals surface area (Å²) in [5, 5.41) is 13.0. The third-order valence-electron chi connectivity index (χ3n) is 7.46. The van der Waals surface area contributed by atoms with Gasteiger partial charge in [0.05, 0.1) is 12.5 Å². The number of H-pyrrole nitrogens is 1. The Morgan fingerprint density at radius 1 is 1.13 bits per heavy atom. The zero-order valence-electron chi connectivity index (χ0n) is 22.5. The fourth-order valence-corrected chi connectivity index (χ4v) is 5.00. The summed E-state index contributed by atoms with van der Waals surface area (Å²) >= 11 is 0. The van der Waals surface area contributed by atoms with E-state index in [1.807, 2.05) is 49.4 Å². The molecule has 2 aromatic heterocycles. The third-order valence-corrected chi connectivity index (χ3v) is 7.46. The topological polar surface area (TPSA) is 112 Å². The number of benzene rings is 1. The maximum Gasteiger partial charge on any atom is 0.249 e. The van der Waals surface area contributed by atoms with E-state index in [0.717, 1.165) is 54.9 Å². The van der Waals surface area contributed by atoms with Crippen LogP contribution in [0.25, 0.3) is 11.1 Å². The van der Waals surface area contributed by atoms with Gasteiger partial charge in [0.25, 0.3) is 0 Å². The fourth-order valence-electron chi connectivity index (χ4n) is 5.00. The summed E-state index contributed by atoms with van der Waals surface area (Å²) in [7, 11) is 1.72. The van der Waals surface area contributed by atoms with Crippen LogP contribution in [0.5, 0.6) is 0 Å². The number of anilines is 2. The number of rotatable bonds is 11. The second kappa shape index (κ2) is 12.4. The zero-order chi connectivity index (χ0) is 27.2. The number of aromatic nitrogens is 3. The van der Waals surface area contributed by atoms with Crippen LogP contribution in [-0.4, -0.2) is 64.7 Å². The van der Waals surface area contributed by atoms with E-state index in [1.165, 1.54) is 12.8 Å². The summed E-state index contributed by atoms with van der Waals surface area (Å²) in [6.45, 7) is 4.36. The largest absolute Gasteiger partial charge is 0.383 e. The summed E-state index contributed by atoms with van der Waals surface area (Å²) in [5.74, 6) is 0.934. The Kier molecular flexibility index (Phi) is 8.48. The van der Waals surface area contributed by atoms with Gasteiger partial charge in [-0.2, -0.15) is 5.10 Å². The molecule has 1 saturated carbocycles. The fraction of sp³-hybridized carbons (Fsp3) is 0.400. The molecule has 3 aromatic rings.